The van der Waals surface area contributed by atoms with Gasteiger partial charge >= 0.3 is 0 Å². The molecule has 2 aliphatic rings. The standard InChI is InChI=1S/C24H27N5O/c1-16(2)29-15-25-27-23(29)21-9-6-10-22(26-21)28-14-19-12-11-18(13-20(19)24(28)30)17-7-4-3-5-8-17/h6,9-13,15-17H,3-5,7-8,14H2,1-2H3. The number of pyridine rings is 1. The SMILES string of the molecule is CC(C)n1cnnc1-c1cccc(N2Cc3ccc(C4CCCCC4)cc3C2=O)n1. The molecule has 30 heavy (non-hydrogen) atoms. The highest BCUT2D eigenvalue weighted by Crippen LogP contribution is 2.36. The van der Waals surface area contributed by atoms with Crippen LogP contribution in [0.3, 0.4) is 0 Å². The van der Waals surface area contributed by atoms with E-state index in [1.807, 2.05) is 22.8 Å². The van der Waals surface area contributed by atoms with Gasteiger partial charge in [0, 0.05) is 11.6 Å². The van der Waals surface area contributed by atoms with Crippen LogP contribution in [0.1, 0.15) is 79.4 Å². The van der Waals surface area contributed by atoms with Crippen molar-refractivity contribution in [2.24, 2.45) is 0 Å². The molecular weight excluding hydrogens is 374 g/mol. The fourth-order valence-electron chi connectivity index (χ4n) is 4.70. The molecule has 6 nitrogen and oxygen atoms in total. The van der Waals surface area contributed by atoms with Crippen molar-refractivity contribution >= 4 is 11.7 Å². The van der Waals surface area contributed by atoms with E-state index in [4.69, 9.17) is 4.98 Å². The van der Waals surface area contributed by atoms with Gasteiger partial charge in [-0.05, 0) is 61.9 Å². The number of anilines is 1. The Morgan fingerprint density at radius 1 is 1.07 bits per heavy atom. The van der Waals surface area contributed by atoms with E-state index in [1.54, 1.807) is 11.2 Å². The highest BCUT2D eigenvalue weighted by Gasteiger charge is 2.31. The molecule has 0 saturated heterocycles. The normalized spacial score (nSPS) is 17.0. The summed E-state index contributed by atoms with van der Waals surface area (Å²) in [5.41, 5.74) is 3.95. The minimum atomic E-state index is 0.0395. The predicted molar refractivity (Wildman–Crippen MR) is 116 cm³/mol. The van der Waals surface area contributed by atoms with Gasteiger partial charge in [0.05, 0.1) is 6.54 Å². The van der Waals surface area contributed by atoms with Crippen LogP contribution in [-0.4, -0.2) is 25.7 Å². The summed E-state index contributed by atoms with van der Waals surface area (Å²) in [6, 6.07) is 12.5. The highest BCUT2D eigenvalue weighted by molar-refractivity contribution is 6.09. The van der Waals surface area contributed by atoms with E-state index in [2.05, 4.69) is 42.2 Å². The lowest BCUT2D eigenvalue weighted by Gasteiger charge is -2.22. The van der Waals surface area contributed by atoms with Gasteiger partial charge in [-0.1, -0.05) is 37.5 Å². The maximum absolute atomic E-state index is 13.3. The van der Waals surface area contributed by atoms with Crippen LogP contribution in [0.2, 0.25) is 0 Å². The Balaban J connectivity index is 1.44. The lowest BCUT2D eigenvalue weighted by Crippen LogP contribution is -2.24. The van der Waals surface area contributed by atoms with Gasteiger partial charge in [-0.25, -0.2) is 4.98 Å². The minimum absolute atomic E-state index is 0.0395. The van der Waals surface area contributed by atoms with Crippen LogP contribution in [0.5, 0.6) is 0 Å². The Labute approximate surface area is 177 Å². The van der Waals surface area contributed by atoms with E-state index in [0.29, 0.717) is 18.3 Å². The van der Waals surface area contributed by atoms with E-state index in [1.165, 1.54) is 37.7 Å². The van der Waals surface area contributed by atoms with Crippen molar-refractivity contribution in [2.75, 3.05) is 4.90 Å². The second-order valence-electron chi connectivity index (χ2n) is 8.68. The molecule has 154 valence electrons. The van der Waals surface area contributed by atoms with E-state index in [9.17, 15) is 4.79 Å². The van der Waals surface area contributed by atoms with Gasteiger partial charge < -0.3 is 4.57 Å². The molecule has 0 unspecified atom stereocenters. The minimum Gasteiger partial charge on any atom is -0.310 e. The van der Waals surface area contributed by atoms with Crippen LogP contribution >= 0.6 is 0 Å². The monoisotopic (exact) mass is 401 g/mol. The largest absolute Gasteiger partial charge is 0.310 e. The Kier molecular flexibility index (Phi) is 4.85. The summed E-state index contributed by atoms with van der Waals surface area (Å²) in [6.07, 6.45) is 8.10. The van der Waals surface area contributed by atoms with Crippen molar-refractivity contribution in [3.8, 4) is 11.5 Å². The Hall–Kier alpha value is -3.02. The zero-order chi connectivity index (χ0) is 20.7. The molecule has 1 aromatic carbocycles. The topological polar surface area (TPSA) is 63.9 Å². The third-order valence-corrected chi connectivity index (χ3v) is 6.38. The second kappa shape index (κ2) is 7.67. The number of rotatable bonds is 4. The van der Waals surface area contributed by atoms with Crippen LogP contribution in [-0.2, 0) is 6.54 Å². The number of aromatic nitrogens is 4. The van der Waals surface area contributed by atoms with Crippen LogP contribution in [0.4, 0.5) is 5.82 Å². The molecule has 0 bridgehead atoms. The molecule has 1 amide bonds. The first-order valence-electron chi connectivity index (χ1n) is 10.9. The number of carbonyl (C=O) groups excluding carboxylic acids is 1. The van der Waals surface area contributed by atoms with E-state index >= 15 is 0 Å². The summed E-state index contributed by atoms with van der Waals surface area (Å²) in [5.74, 6) is 2.01. The van der Waals surface area contributed by atoms with Gasteiger partial charge in [-0.15, -0.1) is 10.2 Å². The molecule has 5 rings (SSSR count). The van der Waals surface area contributed by atoms with Crippen LogP contribution in [0.25, 0.3) is 11.5 Å². The molecule has 0 N–H and O–H groups in total. The molecule has 0 spiro atoms. The molecule has 1 aliphatic carbocycles. The molecule has 3 aromatic rings. The maximum atomic E-state index is 13.3. The molecule has 1 aliphatic heterocycles. The van der Waals surface area contributed by atoms with Crippen LogP contribution in [0, 0.1) is 0 Å². The lowest BCUT2D eigenvalue weighted by molar-refractivity contribution is 0.0996. The zero-order valence-electron chi connectivity index (χ0n) is 17.6. The number of nitrogens with zero attached hydrogens (tertiary/aromatic N) is 5. The summed E-state index contributed by atoms with van der Waals surface area (Å²) >= 11 is 0. The third kappa shape index (κ3) is 3.30. The van der Waals surface area contributed by atoms with Crippen molar-refractivity contribution in [3.05, 3.63) is 59.4 Å². The maximum Gasteiger partial charge on any atom is 0.260 e. The fraction of sp³-hybridized carbons (Fsp3) is 0.417. The average Bonchev–Trinajstić information content (AvgIpc) is 3.40. The first-order chi connectivity index (χ1) is 14.6. The Morgan fingerprint density at radius 2 is 1.90 bits per heavy atom. The molecule has 2 aromatic heterocycles. The first kappa shape index (κ1) is 19.0. The number of carbonyl (C=O) groups is 1. The van der Waals surface area contributed by atoms with Gasteiger partial charge in [0.2, 0.25) is 0 Å². The number of hydrogen-bond donors (Lipinski definition) is 0. The van der Waals surface area contributed by atoms with E-state index in [-0.39, 0.29) is 11.9 Å². The highest BCUT2D eigenvalue weighted by atomic mass is 16.2. The van der Waals surface area contributed by atoms with Crippen molar-refractivity contribution in [2.45, 2.75) is 64.5 Å². The quantitative estimate of drug-likeness (QED) is 0.608. The average molecular weight is 402 g/mol. The Morgan fingerprint density at radius 3 is 2.70 bits per heavy atom. The summed E-state index contributed by atoms with van der Waals surface area (Å²) in [7, 11) is 0. The van der Waals surface area contributed by atoms with Gasteiger partial charge in [0.15, 0.2) is 5.82 Å². The number of hydrogen-bond acceptors (Lipinski definition) is 4. The zero-order valence-corrected chi connectivity index (χ0v) is 17.6. The van der Waals surface area contributed by atoms with Gasteiger partial charge in [0.1, 0.15) is 17.8 Å². The Bertz CT molecular complexity index is 1080. The summed E-state index contributed by atoms with van der Waals surface area (Å²) < 4.78 is 1.99. The fourth-order valence-corrected chi connectivity index (χ4v) is 4.70. The van der Waals surface area contributed by atoms with Crippen molar-refractivity contribution in [1.82, 2.24) is 19.7 Å². The van der Waals surface area contributed by atoms with Gasteiger partial charge in [-0.3, -0.25) is 9.69 Å². The smallest absolute Gasteiger partial charge is 0.260 e. The molecule has 0 atom stereocenters. The molecule has 1 fully saturated rings. The van der Waals surface area contributed by atoms with Crippen molar-refractivity contribution in [1.29, 1.82) is 0 Å². The summed E-state index contributed by atoms with van der Waals surface area (Å²) in [4.78, 5) is 19.8. The first-order valence-corrected chi connectivity index (χ1v) is 10.9. The third-order valence-electron chi connectivity index (χ3n) is 6.38. The predicted octanol–water partition coefficient (Wildman–Crippen LogP) is 5.13. The molecule has 1 saturated carbocycles. The number of fused-ring (bicyclic) bond motifs is 1. The van der Waals surface area contributed by atoms with Crippen molar-refractivity contribution in [3.63, 3.8) is 0 Å². The van der Waals surface area contributed by atoms with Gasteiger partial charge in [-0.2, -0.15) is 0 Å². The number of amides is 1. The second-order valence-corrected chi connectivity index (χ2v) is 8.68. The summed E-state index contributed by atoms with van der Waals surface area (Å²) in [5, 5.41) is 8.29. The van der Waals surface area contributed by atoms with Crippen LogP contribution in [0.15, 0.2) is 42.7 Å². The molecule has 0 radical (unpaired) electrons. The number of benzene rings is 1. The summed E-state index contributed by atoms with van der Waals surface area (Å²) in [6.45, 7) is 4.73. The van der Waals surface area contributed by atoms with Gasteiger partial charge in [0.25, 0.3) is 5.91 Å². The molecule has 6 heteroatoms. The van der Waals surface area contributed by atoms with E-state index in [0.717, 1.165) is 22.6 Å². The van der Waals surface area contributed by atoms with Crippen LogP contribution < -0.4 is 4.90 Å². The molecule has 3 heterocycles. The van der Waals surface area contributed by atoms with E-state index < -0.39 is 0 Å². The van der Waals surface area contributed by atoms with Crippen molar-refractivity contribution < 1.29 is 4.79 Å². The molecular formula is C24H27N5O. The lowest BCUT2D eigenvalue weighted by atomic mass is 9.83.